The molecule has 1 aliphatic rings. The minimum atomic E-state index is -0.584. The minimum Gasteiger partial charge on any atom is -0.453 e. The maximum absolute atomic E-state index is 12.4. The van der Waals surface area contributed by atoms with Gasteiger partial charge in [-0.15, -0.1) is 0 Å². The van der Waals surface area contributed by atoms with Gasteiger partial charge < -0.3 is 20.8 Å². The van der Waals surface area contributed by atoms with Crippen LogP contribution in [-0.2, 0) is 9.53 Å². The molecule has 0 spiro atoms. The number of imidazole rings is 1. The van der Waals surface area contributed by atoms with Gasteiger partial charge in [-0.1, -0.05) is 11.6 Å². The molecule has 1 atom stereocenters. The molecule has 8 heteroatoms. The van der Waals surface area contributed by atoms with E-state index < -0.39 is 6.09 Å². The molecular weight excluding hydrogens is 346 g/mol. The molecule has 0 saturated heterocycles. The van der Waals surface area contributed by atoms with Crippen molar-refractivity contribution in [3.63, 3.8) is 0 Å². The third kappa shape index (κ3) is 4.53. The first-order chi connectivity index (χ1) is 13.0. The normalized spacial score (nSPS) is 19.3. The van der Waals surface area contributed by atoms with E-state index in [0.29, 0.717) is 42.2 Å². The lowest BCUT2D eigenvalue weighted by Gasteiger charge is -2.12. The van der Waals surface area contributed by atoms with Crippen LogP contribution in [0.15, 0.2) is 36.0 Å². The lowest BCUT2D eigenvalue weighted by molar-refractivity contribution is -0.116. The topological polar surface area (TPSA) is 122 Å². The van der Waals surface area contributed by atoms with Crippen LogP contribution in [0.3, 0.4) is 0 Å². The number of hydrogen-bond acceptors (Lipinski definition) is 5. The van der Waals surface area contributed by atoms with E-state index in [1.807, 2.05) is 13.0 Å². The minimum absolute atomic E-state index is 0.112. The number of nitrogens with one attached hydrogen (secondary N) is 3. The van der Waals surface area contributed by atoms with E-state index in [1.165, 1.54) is 7.11 Å². The third-order valence-electron chi connectivity index (χ3n) is 4.42. The van der Waals surface area contributed by atoms with E-state index >= 15 is 0 Å². The van der Waals surface area contributed by atoms with Crippen LogP contribution in [-0.4, -0.2) is 29.1 Å². The number of allylic oxidation sites excluding steroid dienone is 1. The van der Waals surface area contributed by atoms with Gasteiger partial charge in [0, 0.05) is 23.9 Å². The van der Waals surface area contributed by atoms with Gasteiger partial charge in [0.05, 0.1) is 24.5 Å². The highest BCUT2D eigenvalue weighted by Gasteiger charge is 2.16. The summed E-state index contributed by atoms with van der Waals surface area (Å²) in [6.07, 6.45) is 4.88. The molecule has 2 amide bonds. The van der Waals surface area contributed by atoms with Gasteiger partial charge in [0.1, 0.15) is 5.82 Å². The van der Waals surface area contributed by atoms with E-state index in [1.54, 1.807) is 24.4 Å². The molecule has 0 unspecified atom stereocenters. The van der Waals surface area contributed by atoms with Crippen molar-refractivity contribution in [1.29, 1.82) is 0 Å². The zero-order valence-electron chi connectivity index (χ0n) is 15.3. The number of H-pyrrole nitrogens is 1. The second-order valence-corrected chi connectivity index (χ2v) is 6.49. The standard InChI is InChI=1S/C19H23N5O3/c1-11-3-7-14(20)18-21-10-16(24-18)13-6-5-12(22-19(26)27-2)9-15(13)23-17(25)8-4-11/h3,5-6,9-10,14H,4,7-8,20H2,1-2H3,(H,21,24)(H,22,26)(H,23,25)/b11-3-/t14-/m0/s1. The Kier molecular flexibility index (Phi) is 5.56. The number of carbonyl (C=O) groups is 2. The zero-order valence-corrected chi connectivity index (χ0v) is 15.3. The molecule has 5 N–H and O–H groups in total. The average Bonchev–Trinajstić information content (AvgIpc) is 3.14. The molecule has 2 aromatic rings. The van der Waals surface area contributed by atoms with Crippen molar-refractivity contribution >= 4 is 23.4 Å². The lowest BCUT2D eigenvalue weighted by Crippen LogP contribution is -2.14. The Balaban J connectivity index is 2.01. The number of carbonyl (C=O) groups excluding carboxylic acids is 2. The number of aromatic amines is 1. The molecule has 1 aromatic heterocycles. The van der Waals surface area contributed by atoms with Gasteiger partial charge in [-0.05, 0) is 38.0 Å². The third-order valence-corrected chi connectivity index (χ3v) is 4.42. The van der Waals surface area contributed by atoms with E-state index in [4.69, 9.17) is 5.73 Å². The molecule has 27 heavy (non-hydrogen) atoms. The Hall–Kier alpha value is -3.13. The number of nitrogens with two attached hydrogens (primary N) is 1. The van der Waals surface area contributed by atoms with Gasteiger partial charge in [0.25, 0.3) is 0 Å². The SMILES string of the molecule is COC(=O)Nc1ccc2c(c1)NC(=O)CC/C(C)=C\C[C@H](N)c1nc-2c[nH]1. The number of nitrogens with zero attached hydrogens (tertiary/aromatic N) is 1. The molecule has 0 radical (unpaired) electrons. The number of hydrogen-bond donors (Lipinski definition) is 4. The fourth-order valence-corrected chi connectivity index (χ4v) is 2.85. The molecule has 0 saturated carbocycles. The predicted octanol–water partition coefficient (Wildman–Crippen LogP) is 3.32. The number of ether oxygens (including phenoxy) is 1. The van der Waals surface area contributed by atoms with Gasteiger partial charge in [0.2, 0.25) is 5.91 Å². The van der Waals surface area contributed by atoms with Crippen molar-refractivity contribution in [3.8, 4) is 11.3 Å². The Morgan fingerprint density at radius 1 is 1.37 bits per heavy atom. The van der Waals surface area contributed by atoms with Crippen LogP contribution in [0, 0.1) is 0 Å². The first-order valence-electron chi connectivity index (χ1n) is 8.72. The second-order valence-electron chi connectivity index (χ2n) is 6.49. The molecule has 2 bridgehead atoms. The molecule has 8 nitrogen and oxygen atoms in total. The molecule has 1 aromatic carbocycles. The van der Waals surface area contributed by atoms with Crippen LogP contribution < -0.4 is 16.4 Å². The molecule has 2 heterocycles. The number of amides is 2. The van der Waals surface area contributed by atoms with Crippen LogP contribution in [0.2, 0.25) is 0 Å². The highest BCUT2D eigenvalue weighted by atomic mass is 16.5. The van der Waals surface area contributed by atoms with Gasteiger partial charge in [0.15, 0.2) is 0 Å². The fourth-order valence-electron chi connectivity index (χ4n) is 2.85. The number of aromatic nitrogens is 2. The van der Waals surface area contributed by atoms with Gasteiger partial charge >= 0.3 is 6.09 Å². The first kappa shape index (κ1) is 18.7. The van der Waals surface area contributed by atoms with Crippen molar-refractivity contribution in [2.24, 2.45) is 5.73 Å². The monoisotopic (exact) mass is 369 g/mol. The molecule has 3 rings (SSSR count). The summed E-state index contributed by atoms with van der Waals surface area (Å²) < 4.78 is 4.62. The molecule has 0 fully saturated rings. The van der Waals surface area contributed by atoms with Crippen LogP contribution in [0.1, 0.15) is 38.1 Å². The summed E-state index contributed by atoms with van der Waals surface area (Å²) in [7, 11) is 1.29. The van der Waals surface area contributed by atoms with Crippen LogP contribution in [0.25, 0.3) is 11.3 Å². The largest absolute Gasteiger partial charge is 0.453 e. The van der Waals surface area contributed by atoms with E-state index in [9.17, 15) is 9.59 Å². The predicted molar refractivity (Wildman–Crippen MR) is 103 cm³/mol. The summed E-state index contributed by atoms with van der Waals surface area (Å²) in [6.45, 7) is 1.99. The summed E-state index contributed by atoms with van der Waals surface area (Å²) in [5.41, 5.74) is 9.79. The maximum atomic E-state index is 12.4. The van der Waals surface area contributed by atoms with Crippen LogP contribution in [0.4, 0.5) is 16.2 Å². The summed E-state index contributed by atoms with van der Waals surface area (Å²) in [6, 6.07) is 4.94. The number of rotatable bonds is 1. The fraction of sp³-hybridized carbons (Fsp3) is 0.316. The van der Waals surface area contributed by atoms with Crippen LogP contribution in [0.5, 0.6) is 0 Å². The number of anilines is 2. The second kappa shape index (κ2) is 8.05. The Labute approximate surface area is 157 Å². The lowest BCUT2D eigenvalue weighted by atomic mass is 10.1. The molecular formula is C19H23N5O3. The van der Waals surface area contributed by atoms with E-state index in [-0.39, 0.29) is 11.9 Å². The van der Waals surface area contributed by atoms with E-state index in [2.05, 4.69) is 25.3 Å². The van der Waals surface area contributed by atoms with Crippen molar-refractivity contribution in [2.75, 3.05) is 17.7 Å². The van der Waals surface area contributed by atoms with Crippen LogP contribution >= 0.6 is 0 Å². The Bertz CT molecular complexity index is 887. The van der Waals surface area contributed by atoms with Crippen molar-refractivity contribution < 1.29 is 14.3 Å². The summed E-state index contributed by atoms with van der Waals surface area (Å²) >= 11 is 0. The first-order valence-corrected chi connectivity index (χ1v) is 8.72. The molecule has 0 aliphatic carbocycles. The van der Waals surface area contributed by atoms with Crippen molar-refractivity contribution in [2.45, 2.75) is 32.2 Å². The molecule has 142 valence electrons. The van der Waals surface area contributed by atoms with Crippen molar-refractivity contribution in [3.05, 3.63) is 41.9 Å². The quantitative estimate of drug-likeness (QED) is 0.574. The van der Waals surface area contributed by atoms with E-state index in [0.717, 1.165) is 11.1 Å². The zero-order chi connectivity index (χ0) is 19.4. The van der Waals surface area contributed by atoms with Gasteiger partial charge in [-0.3, -0.25) is 10.1 Å². The Morgan fingerprint density at radius 3 is 2.96 bits per heavy atom. The van der Waals surface area contributed by atoms with Gasteiger partial charge in [-0.2, -0.15) is 0 Å². The van der Waals surface area contributed by atoms with Gasteiger partial charge in [-0.25, -0.2) is 9.78 Å². The smallest absolute Gasteiger partial charge is 0.411 e. The summed E-state index contributed by atoms with van der Waals surface area (Å²) in [5.74, 6) is 0.570. The highest BCUT2D eigenvalue weighted by molar-refractivity contribution is 5.97. The number of benzene rings is 1. The number of fused-ring (bicyclic) bond motifs is 4. The summed E-state index contributed by atoms with van der Waals surface area (Å²) in [5, 5.41) is 5.52. The average molecular weight is 369 g/mol. The molecule has 1 aliphatic heterocycles. The maximum Gasteiger partial charge on any atom is 0.411 e. The number of methoxy groups -OCH3 is 1. The van der Waals surface area contributed by atoms with Crippen molar-refractivity contribution in [1.82, 2.24) is 9.97 Å². The summed E-state index contributed by atoms with van der Waals surface area (Å²) in [4.78, 5) is 31.6. The Morgan fingerprint density at radius 2 is 2.19 bits per heavy atom. The highest BCUT2D eigenvalue weighted by Crippen LogP contribution is 2.31.